The van der Waals surface area contributed by atoms with E-state index in [0.29, 0.717) is 17.5 Å². The molecule has 0 N–H and O–H groups in total. The van der Waals surface area contributed by atoms with Crippen LogP contribution in [0.4, 0.5) is 5.69 Å². The van der Waals surface area contributed by atoms with Crippen molar-refractivity contribution in [2.45, 2.75) is 44.6 Å². The molecule has 3 rings (SSSR count). The van der Waals surface area contributed by atoms with Gasteiger partial charge in [-0.2, -0.15) is 0 Å². The number of nitrogens with zero attached hydrogens (tertiary/aromatic N) is 2. The quantitative estimate of drug-likeness (QED) is 0.788. The molecule has 25 heavy (non-hydrogen) atoms. The van der Waals surface area contributed by atoms with Gasteiger partial charge < -0.3 is 14.5 Å². The first-order chi connectivity index (χ1) is 12.1. The van der Waals surface area contributed by atoms with Gasteiger partial charge in [0.1, 0.15) is 0 Å². The second kappa shape index (κ2) is 7.89. The van der Waals surface area contributed by atoms with E-state index in [1.807, 2.05) is 36.0 Å². The molecule has 1 aliphatic carbocycles. The summed E-state index contributed by atoms with van der Waals surface area (Å²) in [5, 5.41) is 0. The normalized spacial score (nSPS) is 22.9. The van der Waals surface area contributed by atoms with E-state index in [1.165, 1.54) is 25.7 Å². The topological polar surface area (TPSA) is 49.9 Å². The van der Waals surface area contributed by atoms with E-state index in [1.54, 1.807) is 12.1 Å². The number of rotatable bonds is 4. The number of likely N-dealkylation sites (tertiary alicyclic amines) is 1. The van der Waals surface area contributed by atoms with Crippen molar-refractivity contribution in [3.05, 3.63) is 29.8 Å². The second-order valence-corrected chi connectivity index (χ2v) is 7.36. The van der Waals surface area contributed by atoms with Crippen LogP contribution in [-0.4, -0.2) is 50.1 Å². The first kappa shape index (κ1) is 17.8. The molecular weight excluding hydrogens is 316 g/mol. The highest BCUT2D eigenvalue weighted by molar-refractivity contribution is 5.92. The van der Waals surface area contributed by atoms with E-state index in [-0.39, 0.29) is 12.5 Å². The molecule has 0 unspecified atom stereocenters. The lowest BCUT2D eigenvalue weighted by atomic mass is 9.78. The Bertz CT molecular complexity index is 627. The maximum Gasteiger partial charge on any atom is 0.338 e. The lowest BCUT2D eigenvalue weighted by Crippen LogP contribution is -2.50. The van der Waals surface area contributed by atoms with Crippen molar-refractivity contribution in [2.75, 3.05) is 32.1 Å². The Hall–Kier alpha value is -2.04. The van der Waals surface area contributed by atoms with E-state index in [4.69, 9.17) is 4.74 Å². The Balaban J connectivity index is 1.58. The van der Waals surface area contributed by atoms with Crippen LogP contribution in [0, 0.1) is 5.92 Å². The minimum absolute atomic E-state index is 0.0475. The lowest BCUT2D eigenvalue weighted by molar-refractivity contribution is -0.140. The first-order valence-electron chi connectivity index (χ1n) is 9.30. The summed E-state index contributed by atoms with van der Waals surface area (Å²) < 4.78 is 5.31. The van der Waals surface area contributed by atoms with Crippen molar-refractivity contribution in [3.8, 4) is 0 Å². The number of fused-ring (bicyclic) bond motifs is 1. The lowest BCUT2D eigenvalue weighted by Gasteiger charge is -2.44. The maximum absolute atomic E-state index is 12.6. The number of carbonyl (C=O) groups is 2. The third kappa shape index (κ3) is 4.14. The number of anilines is 1. The molecule has 2 aliphatic rings. The summed E-state index contributed by atoms with van der Waals surface area (Å²) in [5.41, 5.74) is 1.41. The molecule has 0 spiro atoms. The van der Waals surface area contributed by atoms with Gasteiger partial charge in [0, 0.05) is 32.4 Å². The zero-order valence-corrected chi connectivity index (χ0v) is 15.2. The number of benzene rings is 1. The summed E-state index contributed by atoms with van der Waals surface area (Å²) in [7, 11) is 3.84. The minimum atomic E-state index is -0.436. The summed E-state index contributed by atoms with van der Waals surface area (Å²) in [6, 6.07) is 7.61. The highest BCUT2D eigenvalue weighted by Gasteiger charge is 2.35. The molecular formula is C20H28N2O3. The summed E-state index contributed by atoms with van der Waals surface area (Å²) in [6.07, 6.45) is 7.08. The number of piperidine rings is 1. The molecule has 136 valence electrons. The van der Waals surface area contributed by atoms with Crippen molar-refractivity contribution in [3.63, 3.8) is 0 Å². The molecule has 0 aromatic heterocycles. The fraction of sp³-hybridized carbons (Fsp3) is 0.600. The van der Waals surface area contributed by atoms with Crippen LogP contribution in [0.1, 0.15) is 48.9 Å². The molecule has 5 nitrogen and oxygen atoms in total. The third-order valence-corrected chi connectivity index (χ3v) is 5.49. The predicted molar refractivity (Wildman–Crippen MR) is 97.7 cm³/mol. The van der Waals surface area contributed by atoms with E-state index in [9.17, 15) is 9.59 Å². The Morgan fingerprint density at radius 3 is 2.72 bits per heavy atom. The molecule has 1 aromatic rings. The Labute approximate surface area is 149 Å². The molecule has 1 aromatic carbocycles. The van der Waals surface area contributed by atoms with Gasteiger partial charge >= 0.3 is 5.97 Å². The molecule has 0 bridgehead atoms. The van der Waals surface area contributed by atoms with Crippen molar-refractivity contribution < 1.29 is 14.3 Å². The smallest absolute Gasteiger partial charge is 0.338 e. The number of carbonyl (C=O) groups excluding carboxylic acids is 2. The fourth-order valence-corrected chi connectivity index (χ4v) is 4.14. The summed E-state index contributed by atoms with van der Waals surface area (Å²) in [5.74, 6) is 0.155. The summed E-state index contributed by atoms with van der Waals surface area (Å²) >= 11 is 0. The summed E-state index contributed by atoms with van der Waals surface area (Å²) in [4.78, 5) is 28.8. The molecule has 1 saturated heterocycles. The zero-order valence-electron chi connectivity index (χ0n) is 15.2. The van der Waals surface area contributed by atoms with Gasteiger partial charge in [0.15, 0.2) is 6.61 Å². The number of hydrogen-bond donors (Lipinski definition) is 0. The monoisotopic (exact) mass is 344 g/mol. The highest BCUT2D eigenvalue weighted by Crippen LogP contribution is 2.35. The van der Waals surface area contributed by atoms with Crippen molar-refractivity contribution in [1.82, 2.24) is 4.90 Å². The number of ether oxygens (including phenoxy) is 1. The second-order valence-electron chi connectivity index (χ2n) is 7.36. The van der Waals surface area contributed by atoms with Crippen LogP contribution in [0.5, 0.6) is 0 Å². The molecule has 5 heteroatoms. The van der Waals surface area contributed by atoms with Crippen LogP contribution >= 0.6 is 0 Å². The molecule has 1 saturated carbocycles. The fourth-order valence-electron chi connectivity index (χ4n) is 4.14. The number of esters is 1. The first-order valence-corrected chi connectivity index (χ1v) is 9.30. The van der Waals surface area contributed by atoms with E-state index in [2.05, 4.69) is 0 Å². The van der Waals surface area contributed by atoms with Gasteiger partial charge in [-0.15, -0.1) is 0 Å². The molecule has 2 fully saturated rings. The van der Waals surface area contributed by atoms with Crippen LogP contribution in [-0.2, 0) is 9.53 Å². The average Bonchev–Trinajstić information content (AvgIpc) is 2.65. The van der Waals surface area contributed by atoms with E-state index >= 15 is 0 Å². The van der Waals surface area contributed by atoms with Gasteiger partial charge in [-0.1, -0.05) is 18.9 Å². The van der Waals surface area contributed by atoms with Gasteiger partial charge in [0.25, 0.3) is 5.91 Å². The van der Waals surface area contributed by atoms with Crippen molar-refractivity contribution in [2.24, 2.45) is 5.92 Å². The molecule has 2 atom stereocenters. The SMILES string of the molecule is CN(C)c1cccc(C(=O)OCC(=O)N2CCC[C@H]3CCCC[C@@H]32)c1. The van der Waals surface area contributed by atoms with Gasteiger partial charge in [-0.3, -0.25) is 4.79 Å². The zero-order chi connectivity index (χ0) is 17.8. The van der Waals surface area contributed by atoms with Gasteiger partial charge in [-0.05, 0) is 49.8 Å². The Morgan fingerprint density at radius 2 is 1.92 bits per heavy atom. The van der Waals surface area contributed by atoms with E-state index in [0.717, 1.165) is 25.1 Å². The maximum atomic E-state index is 12.6. The average molecular weight is 344 g/mol. The predicted octanol–water partition coefficient (Wildman–Crippen LogP) is 3.09. The largest absolute Gasteiger partial charge is 0.452 e. The number of amides is 1. The molecule has 1 heterocycles. The molecule has 1 amide bonds. The number of hydrogen-bond acceptors (Lipinski definition) is 4. The van der Waals surface area contributed by atoms with Crippen LogP contribution < -0.4 is 4.90 Å². The summed E-state index contributed by atoms with van der Waals surface area (Å²) in [6.45, 7) is 0.641. The van der Waals surface area contributed by atoms with Crippen LogP contribution in [0.15, 0.2) is 24.3 Å². The standard InChI is InChI=1S/C20H28N2O3/c1-21(2)17-10-5-8-16(13-17)20(24)25-14-19(23)22-12-6-9-15-7-3-4-11-18(15)22/h5,8,10,13,15,18H,3-4,6-7,9,11-12,14H2,1-2H3/t15-,18+/m1/s1. The van der Waals surface area contributed by atoms with Crippen LogP contribution in [0.3, 0.4) is 0 Å². The van der Waals surface area contributed by atoms with Crippen LogP contribution in [0.2, 0.25) is 0 Å². The van der Waals surface area contributed by atoms with Gasteiger partial charge in [0.05, 0.1) is 5.56 Å². The Morgan fingerprint density at radius 1 is 1.16 bits per heavy atom. The Kier molecular flexibility index (Phi) is 5.61. The molecule has 1 aliphatic heterocycles. The van der Waals surface area contributed by atoms with Gasteiger partial charge in [-0.25, -0.2) is 4.79 Å². The molecule has 0 radical (unpaired) electrons. The van der Waals surface area contributed by atoms with E-state index < -0.39 is 5.97 Å². The highest BCUT2D eigenvalue weighted by atomic mass is 16.5. The minimum Gasteiger partial charge on any atom is -0.452 e. The van der Waals surface area contributed by atoms with Crippen molar-refractivity contribution >= 4 is 17.6 Å². The van der Waals surface area contributed by atoms with Gasteiger partial charge in [0.2, 0.25) is 0 Å². The van der Waals surface area contributed by atoms with Crippen LogP contribution in [0.25, 0.3) is 0 Å². The third-order valence-electron chi connectivity index (χ3n) is 5.49. The van der Waals surface area contributed by atoms with Crippen molar-refractivity contribution in [1.29, 1.82) is 0 Å².